The Morgan fingerprint density at radius 3 is 2.75 bits per heavy atom. The van der Waals surface area contributed by atoms with E-state index in [1.54, 1.807) is 12.3 Å². The molecular formula is C16H15N3O. The quantitative estimate of drug-likeness (QED) is 0.850. The van der Waals surface area contributed by atoms with E-state index in [0.29, 0.717) is 5.76 Å². The first-order valence-electron chi connectivity index (χ1n) is 6.60. The Balaban J connectivity index is 1.95. The molecule has 3 rings (SSSR count). The van der Waals surface area contributed by atoms with Gasteiger partial charge in [-0.15, -0.1) is 0 Å². The SMILES string of the molecule is CC1=NN([C@H](C#N)c2ccco2)[C@H](c2ccccc2)C1. The maximum Gasteiger partial charge on any atom is 0.191 e. The van der Waals surface area contributed by atoms with Gasteiger partial charge >= 0.3 is 0 Å². The van der Waals surface area contributed by atoms with Crippen molar-refractivity contribution in [3.63, 3.8) is 0 Å². The third kappa shape index (κ3) is 2.19. The minimum Gasteiger partial charge on any atom is -0.466 e. The highest BCUT2D eigenvalue weighted by atomic mass is 16.3. The van der Waals surface area contributed by atoms with Crippen LogP contribution in [0.15, 0.2) is 58.2 Å². The fourth-order valence-corrected chi connectivity index (χ4v) is 2.56. The van der Waals surface area contributed by atoms with Gasteiger partial charge < -0.3 is 4.42 Å². The maximum absolute atomic E-state index is 9.49. The number of nitriles is 1. The molecule has 1 aliphatic heterocycles. The number of hydrogen-bond acceptors (Lipinski definition) is 4. The minimum absolute atomic E-state index is 0.0888. The number of nitrogens with zero attached hydrogens (tertiary/aromatic N) is 3. The molecule has 2 heterocycles. The maximum atomic E-state index is 9.49. The van der Waals surface area contributed by atoms with Gasteiger partial charge in [0.1, 0.15) is 5.76 Å². The van der Waals surface area contributed by atoms with Crippen LogP contribution in [0.5, 0.6) is 0 Å². The highest BCUT2D eigenvalue weighted by molar-refractivity contribution is 5.83. The van der Waals surface area contributed by atoms with Crippen LogP contribution in [-0.4, -0.2) is 10.7 Å². The summed E-state index contributed by atoms with van der Waals surface area (Å²) in [6.07, 6.45) is 2.42. The van der Waals surface area contributed by atoms with Gasteiger partial charge in [0.05, 0.1) is 18.4 Å². The lowest BCUT2D eigenvalue weighted by atomic mass is 10.0. The number of hydrogen-bond donors (Lipinski definition) is 0. The zero-order valence-electron chi connectivity index (χ0n) is 11.2. The van der Waals surface area contributed by atoms with Crippen molar-refractivity contribution in [3.05, 3.63) is 60.1 Å². The smallest absolute Gasteiger partial charge is 0.191 e. The van der Waals surface area contributed by atoms with E-state index in [1.165, 1.54) is 5.56 Å². The van der Waals surface area contributed by atoms with Crippen LogP contribution in [-0.2, 0) is 0 Å². The summed E-state index contributed by atoms with van der Waals surface area (Å²) < 4.78 is 5.38. The van der Waals surface area contributed by atoms with Crippen molar-refractivity contribution >= 4 is 5.71 Å². The van der Waals surface area contributed by atoms with Crippen LogP contribution in [0.4, 0.5) is 0 Å². The summed E-state index contributed by atoms with van der Waals surface area (Å²) in [4.78, 5) is 0. The Labute approximate surface area is 117 Å². The summed E-state index contributed by atoms with van der Waals surface area (Å²) in [5.74, 6) is 0.631. The zero-order valence-corrected chi connectivity index (χ0v) is 11.2. The third-order valence-corrected chi connectivity index (χ3v) is 3.48. The van der Waals surface area contributed by atoms with Gasteiger partial charge in [0.15, 0.2) is 6.04 Å². The van der Waals surface area contributed by atoms with Gasteiger partial charge in [-0.25, -0.2) is 0 Å². The summed E-state index contributed by atoms with van der Waals surface area (Å²) in [7, 11) is 0. The first-order chi connectivity index (χ1) is 9.79. The van der Waals surface area contributed by atoms with Crippen LogP contribution < -0.4 is 0 Å². The van der Waals surface area contributed by atoms with Gasteiger partial charge in [0, 0.05) is 12.1 Å². The Morgan fingerprint density at radius 1 is 1.30 bits per heavy atom. The van der Waals surface area contributed by atoms with E-state index in [2.05, 4.69) is 23.3 Å². The van der Waals surface area contributed by atoms with Crippen LogP contribution in [0.25, 0.3) is 0 Å². The molecule has 0 spiro atoms. The lowest BCUT2D eigenvalue weighted by Gasteiger charge is -2.26. The lowest BCUT2D eigenvalue weighted by Crippen LogP contribution is -2.23. The average molecular weight is 265 g/mol. The minimum atomic E-state index is -0.493. The molecule has 1 aromatic carbocycles. The van der Waals surface area contributed by atoms with Crippen LogP contribution in [0.3, 0.4) is 0 Å². The lowest BCUT2D eigenvalue weighted by molar-refractivity contribution is 0.178. The molecule has 20 heavy (non-hydrogen) atoms. The molecule has 4 heteroatoms. The van der Waals surface area contributed by atoms with Gasteiger partial charge in [-0.3, -0.25) is 5.01 Å². The van der Waals surface area contributed by atoms with Gasteiger partial charge in [-0.2, -0.15) is 10.4 Å². The Hall–Kier alpha value is -2.54. The molecule has 1 aromatic heterocycles. The molecule has 0 aliphatic carbocycles. The first-order valence-corrected chi connectivity index (χ1v) is 6.60. The predicted octanol–water partition coefficient (Wildman–Crippen LogP) is 3.67. The van der Waals surface area contributed by atoms with E-state index in [1.807, 2.05) is 36.2 Å². The molecule has 2 aromatic rings. The summed E-state index contributed by atoms with van der Waals surface area (Å²) in [5, 5.41) is 15.9. The van der Waals surface area contributed by atoms with Gasteiger partial charge in [-0.05, 0) is 24.6 Å². The summed E-state index contributed by atoms with van der Waals surface area (Å²) in [5.41, 5.74) is 2.20. The summed E-state index contributed by atoms with van der Waals surface area (Å²) >= 11 is 0. The van der Waals surface area contributed by atoms with E-state index in [9.17, 15) is 5.26 Å². The second-order valence-corrected chi connectivity index (χ2v) is 4.89. The van der Waals surface area contributed by atoms with Crippen molar-refractivity contribution in [2.45, 2.75) is 25.4 Å². The summed E-state index contributed by atoms with van der Waals surface area (Å²) in [6.45, 7) is 1.99. The van der Waals surface area contributed by atoms with E-state index in [0.717, 1.165) is 12.1 Å². The molecule has 0 saturated heterocycles. The predicted molar refractivity (Wildman–Crippen MR) is 75.8 cm³/mol. The third-order valence-electron chi connectivity index (χ3n) is 3.48. The fraction of sp³-hybridized carbons (Fsp3) is 0.250. The molecule has 0 fully saturated rings. The number of hydrazone groups is 1. The summed E-state index contributed by atoms with van der Waals surface area (Å²) in [6, 6.07) is 15.7. The number of benzene rings is 1. The number of furan rings is 1. The number of rotatable bonds is 3. The molecule has 0 saturated carbocycles. The second kappa shape index (κ2) is 5.22. The van der Waals surface area contributed by atoms with E-state index in [-0.39, 0.29) is 6.04 Å². The van der Waals surface area contributed by atoms with Gasteiger partial charge in [-0.1, -0.05) is 30.3 Å². The first kappa shape index (κ1) is 12.5. The van der Waals surface area contributed by atoms with Gasteiger partial charge in [0.25, 0.3) is 0 Å². The Kier molecular flexibility index (Phi) is 3.26. The molecule has 1 aliphatic rings. The van der Waals surface area contributed by atoms with Crippen molar-refractivity contribution in [1.29, 1.82) is 5.26 Å². The molecule has 0 N–H and O–H groups in total. The monoisotopic (exact) mass is 265 g/mol. The highest BCUT2D eigenvalue weighted by Gasteiger charge is 2.33. The second-order valence-electron chi connectivity index (χ2n) is 4.89. The molecule has 0 unspecified atom stereocenters. The van der Waals surface area contributed by atoms with Crippen LogP contribution >= 0.6 is 0 Å². The standard InChI is InChI=1S/C16H15N3O/c1-12-10-14(13-6-3-2-4-7-13)19(18-12)15(11-17)16-8-5-9-20-16/h2-9,14-15H,10H2,1H3/t14-,15+/m0/s1. The average Bonchev–Trinajstić information content (AvgIpc) is 3.11. The molecule has 2 atom stereocenters. The highest BCUT2D eigenvalue weighted by Crippen LogP contribution is 2.37. The molecule has 4 nitrogen and oxygen atoms in total. The van der Waals surface area contributed by atoms with Crippen LogP contribution in [0, 0.1) is 11.3 Å². The van der Waals surface area contributed by atoms with Crippen molar-refractivity contribution in [3.8, 4) is 6.07 Å². The molecule has 0 radical (unpaired) electrons. The molecule has 0 bridgehead atoms. The molecule has 100 valence electrons. The largest absolute Gasteiger partial charge is 0.466 e. The van der Waals surface area contributed by atoms with Crippen LogP contribution in [0.2, 0.25) is 0 Å². The van der Waals surface area contributed by atoms with Crippen molar-refractivity contribution in [2.24, 2.45) is 5.10 Å². The van der Waals surface area contributed by atoms with Crippen molar-refractivity contribution in [2.75, 3.05) is 0 Å². The normalized spacial score (nSPS) is 19.5. The van der Waals surface area contributed by atoms with Crippen molar-refractivity contribution < 1.29 is 4.42 Å². The topological polar surface area (TPSA) is 52.5 Å². The van der Waals surface area contributed by atoms with E-state index >= 15 is 0 Å². The van der Waals surface area contributed by atoms with Crippen molar-refractivity contribution in [1.82, 2.24) is 5.01 Å². The zero-order chi connectivity index (χ0) is 13.9. The van der Waals surface area contributed by atoms with Gasteiger partial charge in [0.2, 0.25) is 0 Å². The Bertz CT molecular complexity index is 640. The molecule has 0 amide bonds. The Morgan fingerprint density at radius 2 is 2.10 bits per heavy atom. The van der Waals surface area contributed by atoms with Crippen LogP contribution in [0.1, 0.15) is 36.8 Å². The van der Waals surface area contributed by atoms with E-state index < -0.39 is 6.04 Å². The van der Waals surface area contributed by atoms with E-state index in [4.69, 9.17) is 4.42 Å². The fourth-order valence-electron chi connectivity index (χ4n) is 2.56. The molecular weight excluding hydrogens is 250 g/mol.